The maximum absolute atomic E-state index is 13.6. The number of rotatable bonds is 4. The van der Waals surface area contributed by atoms with Crippen molar-refractivity contribution in [3.63, 3.8) is 0 Å². The van der Waals surface area contributed by atoms with Crippen LogP contribution in [-0.4, -0.2) is 24.9 Å². The van der Waals surface area contributed by atoms with Gasteiger partial charge in [0.2, 0.25) is 10.0 Å². The molecule has 0 aromatic heterocycles. The van der Waals surface area contributed by atoms with E-state index in [-0.39, 0.29) is 12.3 Å². The van der Waals surface area contributed by atoms with Gasteiger partial charge >= 0.3 is 0 Å². The van der Waals surface area contributed by atoms with Crippen molar-refractivity contribution in [2.24, 2.45) is 0 Å². The monoisotopic (exact) mass is 313 g/mol. The molecule has 1 N–H and O–H groups in total. The molecule has 0 aliphatic rings. The molecule has 0 spiro atoms. The van der Waals surface area contributed by atoms with Crippen molar-refractivity contribution in [3.8, 4) is 5.75 Å². The molecule has 2 aromatic rings. The van der Waals surface area contributed by atoms with Gasteiger partial charge in [-0.1, -0.05) is 12.1 Å². The van der Waals surface area contributed by atoms with Gasteiger partial charge in [0.25, 0.3) is 0 Å². The number of phenols is 1. The van der Waals surface area contributed by atoms with Crippen LogP contribution >= 0.6 is 0 Å². The van der Waals surface area contributed by atoms with Gasteiger partial charge in [-0.3, -0.25) is 0 Å². The van der Waals surface area contributed by atoms with Crippen LogP contribution in [0.15, 0.2) is 47.4 Å². The van der Waals surface area contributed by atoms with Crippen molar-refractivity contribution in [3.05, 3.63) is 59.7 Å². The van der Waals surface area contributed by atoms with E-state index in [1.54, 1.807) is 12.1 Å². The summed E-state index contributed by atoms with van der Waals surface area (Å²) >= 11 is 0. The van der Waals surface area contributed by atoms with Crippen molar-refractivity contribution >= 4 is 10.0 Å². The molecule has 7 heteroatoms. The second-order valence-corrected chi connectivity index (χ2v) is 6.52. The Hall–Kier alpha value is -1.99. The fraction of sp³-hybridized carbons (Fsp3) is 0.143. The molecule has 0 saturated heterocycles. The average molecular weight is 313 g/mol. The van der Waals surface area contributed by atoms with E-state index < -0.39 is 26.6 Å². The third-order valence-electron chi connectivity index (χ3n) is 2.92. The molecule has 0 aliphatic heterocycles. The smallest absolute Gasteiger partial charge is 0.246 e. The van der Waals surface area contributed by atoms with Gasteiger partial charge in [-0.15, -0.1) is 0 Å². The lowest BCUT2D eigenvalue weighted by Crippen LogP contribution is -2.27. The Balaban J connectivity index is 2.28. The zero-order chi connectivity index (χ0) is 15.6. The standard InChI is InChI=1S/C14H13F2NO3S/c1-17(9-10-2-5-12(18)6-3-10)21(19,20)14-7-4-11(15)8-13(14)16/h2-8,18H,9H2,1H3. The lowest BCUT2D eigenvalue weighted by molar-refractivity contribution is 0.457. The molecule has 2 aromatic carbocycles. The van der Waals surface area contributed by atoms with Crippen molar-refractivity contribution in [1.82, 2.24) is 4.31 Å². The Morgan fingerprint density at radius 1 is 1.10 bits per heavy atom. The fourth-order valence-electron chi connectivity index (χ4n) is 1.80. The second kappa shape index (κ2) is 5.79. The highest BCUT2D eigenvalue weighted by atomic mass is 32.2. The van der Waals surface area contributed by atoms with E-state index in [1.807, 2.05) is 0 Å². The van der Waals surface area contributed by atoms with Crippen LogP contribution < -0.4 is 0 Å². The number of phenolic OH excluding ortho intramolecular Hbond substituents is 1. The van der Waals surface area contributed by atoms with Gasteiger partial charge in [-0.05, 0) is 29.8 Å². The van der Waals surface area contributed by atoms with Crippen molar-refractivity contribution in [2.45, 2.75) is 11.4 Å². The molecule has 0 aliphatic carbocycles. The van der Waals surface area contributed by atoms with Crippen LogP contribution in [0.4, 0.5) is 8.78 Å². The minimum atomic E-state index is -4.07. The molecule has 0 atom stereocenters. The largest absolute Gasteiger partial charge is 0.508 e. The number of benzene rings is 2. The molecule has 21 heavy (non-hydrogen) atoms. The average Bonchev–Trinajstić information content (AvgIpc) is 2.40. The number of aromatic hydroxyl groups is 1. The molecule has 0 heterocycles. The molecule has 0 unspecified atom stereocenters. The summed E-state index contributed by atoms with van der Waals surface area (Å²) < 4.78 is 51.9. The van der Waals surface area contributed by atoms with Gasteiger partial charge in [0, 0.05) is 19.7 Å². The summed E-state index contributed by atoms with van der Waals surface area (Å²) in [5.41, 5.74) is 0.626. The quantitative estimate of drug-likeness (QED) is 0.943. The molecule has 0 bridgehead atoms. The van der Waals surface area contributed by atoms with Gasteiger partial charge in [0.15, 0.2) is 0 Å². The van der Waals surface area contributed by atoms with E-state index in [2.05, 4.69) is 0 Å². The highest BCUT2D eigenvalue weighted by Gasteiger charge is 2.24. The van der Waals surface area contributed by atoms with E-state index in [0.717, 1.165) is 16.4 Å². The van der Waals surface area contributed by atoms with Crippen LogP contribution in [0.1, 0.15) is 5.56 Å². The first-order valence-corrected chi connectivity index (χ1v) is 7.44. The summed E-state index contributed by atoms with van der Waals surface area (Å²) in [4.78, 5) is -0.579. The SMILES string of the molecule is CN(Cc1ccc(O)cc1)S(=O)(=O)c1ccc(F)cc1F. The van der Waals surface area contributed by atoms with Gasteiger partial charge in [-0.25, -0.2) is 17.2 Å². The number of hydrogen-bond acceptors (Lipinski definition) is 3. The first-order valence-electron chi connectivity index (χ1n) is 6.00. The molecule has 4 nitrogen and oxygen atoms in total. The summed E-state index contributed by atoms with van der Waals surface area (Å²) in [5, 5.41) is 9.17. The highest BCUT2D eigenvalue weighted by Crippen LogP contribution is 2.21. The first kappa shape index (κ1) is 15.4. The predicted octanol–water partition coefficient (Wildman–Crippen LogP) is 2.49. The molecule has 112 valence electrons. The van der Waals surface area contributed by atoms with Gasteiger partial charge in [-0.2, -0.15) is 4.31 Å². The van der Waals surface area contributed by atoms with E-state index in [4.69, 9.17) is 0 Å². The number of sulfonamides is 1. The van der Waals surface area contributed by atoms with E-state index in [9.17, 15) is 22.3 Å². The van der Waals surface area contributed by atoms with Crippen LogP contribution in [0.25, 0.3) is 0 Å². The van der Waals surface area contributed by atoms with Crippen LogP contribution in [0, 0.1) is 11.6 Å². The zero-order valence-electron chi connectivity index (χ0n) is 11.1. The molecular formula is C14H13F2NO3S. The summed E-state index contributed by atoms with van der Waals surface area (Å²) in [7, 11) is -2.77. The molecule has 0 radical (unpaired) electrons. The van der Waals surface area contributed by atoms with Crippen molar-refractivity contribution < 1.29 is 22.3 Å². The Morgan fingerprint density at radius 3 is 2.29 bits per heavy atom. The molecule has 0 saturated carbocycles. The molecule has 2 rings (SSSR count). The van der Waals surface area contributed by atoms with Crippen LogP contribution in [0.3, 0.4) is 0 Å². The Labute approximate surface area is 121 Å². The second-order valence-electron chi connectivity index (χ2n) is 4.50. The molecular weight excluding hydrogens is 300 g/mol. The maximum atomic E-state index is 13.6. The lowest BCUT2D eigenvalue weighted by atomic mass is 10.2. The molecule has 0 fully saturated rings. The van der Waals surface area contributed by atoms with Crippen molar-refractivity contribution in [1.29, 1.82) is 0 Å². The fourth-order valence-corrected chi connectivity index (χ4v) is 3.00. The molecule has 0 amide bonds. The van der Waals surface area contributed by atoms with Crippen LogP contribution in [-0.2, 0) is 16.6 Å². The maximum Gasteiger partial charge on any atom is 0.246 e. The van der Waals surface area contributed by atoms with Gasteiger partial charge < -0.3 is 5.11 Å². The third kappa shape index (κ3) is 3.37. The lowest BCUT2D eigenvalue weighted by Gasteiger charge is -2.17. The topological polar surface area (TPSA) is 57.6 Å². The summed E-state index contributed by atoms with van der Waals surface area (Å²) in [5.74, 6) is -1.91. The third-order valence-corrected chi connectivity index (χ3v) is 4.76. The number of nitrogens with zero attached hydrogens (tertiary/aromatic N) is 1. The summed E-state index contributed by atoms with van der Waals surface area (Å²) in [6, 6.07) is 8.28. The normalized spacial score (nSPS) is 11.8. The Morgan fingerprint density at radius 2 is 1.71 bits per heavy atom. The number of hydrogen-bond donors (Lipinski definition) is 1. The minimum absolute atomic E-state index is 0.000566. The Kier molecular flexibility index (Phi) is 4.24. The van der Waals surface area contributed by atoms with E-state index in [0.29, 0.717) is 11.6 Å². The van der Waals surface area contributed by atoms with Crippen LogP contribution in [0.2, 0.25) is 0 Å². The van der Waals surface area contributed by atoms with Gasteiger partial charge in [0.1, 0.15) is 22.3 Å². The van der Waals surface area contributed by atoms with E-state index in [1.165, 1.54) is 19.2 Å². The Bertz CT molecular complexity index is 745. The highest BCUT2D eigenvalue weighted by molar-refractivity contribution is 7.89. The van der Waals surface area contributed by atoms with E-state index >= 15 is 0 Å². The van der Waals surface area contributed by atoms with Gasteiger partial charge in [0.05, 0.1) is 0 Å². The first-order chi connectivity index (χ1) is 9.80. The number of halogens is 2. The predicted molar refractivity (Wildman–Crippen MR) is 73.1 cm³/mol. The minimum Gasteiger partial charge on any atom is -0.508 e. The van der Waals surface area contributed by atoms with Crippen LogP contribution in [0.5, 0.6) is 5.75 Å². The summed E-state index contributed by atoms with van der Waals surface area (Å²) in [6.07, 6.45) is 0. The zero-order valence-corrected chi connectivity index (χ0v) is 11.9. The van der Waals surface area contributed by atoms with Crippen molar-refractivity contribution in [2.75, 3.05) is 7.05 Å². The summed E-state index contributed by atoms with van der Waals surface area (Å²) in [6.45, 7) is -0.000566.